The molecule has 1 atom stereocenters. The van der Waals surface area contributed by atoms with Crippen LogP contribution in [0.2, 0.25) is 0 Å². The van der Waals surface area contributed by atoms with E-state index in [0.29, 0.717) is 6.42 Å². The highest BCUT2D eigenvalue weighted by Crippen LogP contribution is 2.14. The van der Waals surface area contributed by atoms with E-state index in [9.17, 15) is 0 Å². The first kappa shape index (κ1) is 9.19. The molecule has 0 heterocycles. The molecular formula is C9H13NO2. The van der Waals surface area contributed by atoms with E-state index in [1.807, 2.05) is 30.3 Å². The maximum Gasteiger partial charge on any atom is 0.0590 e. The zero-order valence-electron chi connectivity index (χ0n) is 6.77. The molecule has 1 aromatic carbocycles. The fourth-order valence-electron chi connectivity index (χ4n) is 1.12. The normalized spacial score (nSPS) is 12.8. The Labute approximate surface area is 71.6 Å². The monoisotopic (exact) mass is 167 g/mol. The number of rotatable bonds is 4. The van der Waals surface area contributed by atoms with Gasteiger partial charge in [-0.2, -0.15) is 5.48 Å². The van der Waals surface area contributed by atoms with Crippen LogP contribution in [0.15, 0.2) is 30.3 Å². The lowest BCUT2D eigenvalue weighted by Crippen LogP contribution is -2.18. The summed E-state index contributed by atoms with van der Waals surface area (Å²) in [6.45, 7) is 0.0626. The topological polar surface area (TPSA) is 52.5 Å². The highest BCUT2D eigenvalue weighted by atomic mass is 16.5. The molecule has 0 spiro atoms. The molecule has 3 heteroatoms. The summed E-state index contributed by atoms with van der Waals surface area (Å²) in [6, 6.07) is 9.36. The van der Waals surface area contributed by atoms with E-state index in [2.05, 4.69) is 5.48 Å². The molecule has 0 amide bonds. The van der Waals surface area contributed by atoms with Crippen molar-refractivity contribution in [1.29, 1.82) is 0 Å². The van der Waals surface area contributed by atoms with Crippen molar-refractivity contribution in [3.8, 4) is 0 Å². The number of nitrogens with one attached hydrogen (secondary N) is 1. The third-order valence-corrected chi connectivity index (χ3v) is 1.78. The molecule has 0 unspecified atom stereocenters. The van der Waals surface area contributed by atoms with Crippen LogP contribution in [0.3, 0.4) is 0 Å². The summed E-state index contributed by atoms with van der Waals surface area (Å²) in [5, 5.41) is 17.4. The molecule has 0 bridgehead atoms. The van der Waals surface area contributed by atoms with Gasteiger partial charge in [0, 0.05) is 6.61 Å². The molecule has 0 aliphatic carbocycles. The minimum absolute atomic E-state index is 0.0626. The van der Waals surface area contributed by atoms with Crippen LogP contribution in [0, 0.1) is 0 Å². The van der Waals surface area contributed by atoms with Gasteiger partial charge in [-0.15, -0.1) is 0 Å². The summed E-state index contributed by atoms with van der Waals surface area (Å²) in [7, 11) is 0. The van der Waals surface area contributed by atoms with Crippen molar-refractivity contribution in [1.82, 2.24) is 5.48 Å². The number of aliphatic hydroxyl groups excluding tert-OH is 1. The van der Waals surface area contributed by atoms with Gasteiger partial charge in [-0.1, -0.05) is 30.3 Å². The van der Waals surface area contributed by atoms with Gasteiger partial charge in [-0.05, 0) is 12.0 Å². The molecule has 0 saturated heterocycles. The van der Waals surface area contributed by atoms with Crippen molar-refractivity contribution in [2.45, 2.75) is 12.5 Å². The quantitative estimate of drug-likeness (QED) is 0.588. The van der Waals surface area contributed by atoms with E-state index in [1.54, 1.807) is 0 Å². The Balaban J connectivity index is 2.66. The first-order chi connectivity index (χ1) is 5.88. The van der Waals surface area contributed by atoms with Crippen LogP contribution in [-0.4, -0.2) is 16.9 Å². The van der Waals surface area contributed by atoms with Gasteiger partial charge < -0.3 is 10.3 Å². The summed E-state index contributed by atoms with van der Waals surface area (Å²) in [4.78, 5) is 0. The number of hydrogen-bond donors (Lipinski definition) is 3. The molecule has 1 rings (SSSR count). The summed E-state index contributed by atoms with van der Waals surface area (Å²) in [5.41, 5.74) is 3.14. The molecule has 0 radical (unpaired) electrons. The molecule has 12 heavy (non-hydrogen) atoms. The average molecular weight is 167 g/mol. The minimum atomic E-state index is -0.170. The number of hydroxylamine groups is 1. The second-order valence-electron chi connectivity index (χ2n) is 2.60. The predicted octanol–water partition coefficient (Wildman–Crippen LogP) is 1.09. The first-order valence-corrected chi connectivity index (χ1v) is 3.94. The van der Waals surface area contributed by atoms with E-state index in [4.69, 9.17) is 10.3 Å². The maximum absolute atomic E-state index is 8.75. The average Bonchev–Trinajstić information content (AvgIpc) is 2.15. The van der Waals surface area contributed by atoms with Crippen LogP contribution in [0.1, 0.15) is 18.0 Å². The van der Waals surface area contributed by atoms with E-state index in [0.717, 1.165) is 5.56 Å². The van der Waals surface area contributed by atoms with Gasteiger partial charge in [0.1, 0.15) is 0 Å². The Hall–Kier alpha value is -0.900. The van der Waals surface area contributed by atoms with Crippen LogP contribution in [-0.2, 0) is 0 Å². The van der Waals surface area contributed by atoms with Crippen LogP contribution in [0.4, 0.5) is 0 Å². The van der Waals surface area contributed by atoms with Crippen molar-refractivity contribution >= 4 is 0 Å². The Kier molecular flexibility index (Phi) is 3.73. The highest BCUT2D eigenvalue weighted by Gasteiger charge is 2.07. The molecule has 0 aliphatic heterocycles. The number of benzene rings is 1. The lowest BCUT2D eigenvalue weighted by Gasteiger charge is -2.13. The lowest BCUT2D eigenvalue weighted by atomic mass is 10.1. The molecule has 1 aromatic rings. The van der Waals surface area contributed by atoms with Crippen molar-refractivity contribution in [3.63, 3.8) is 0 Å². The largest absolute Gasteiger partial charge is 0.396 e. The summed E-state index contributed by atoms with van der Waals surface area (Å²) in [5.74, 6) is 0. The van der Waals surface area contributed by atoms with Crippen LogP contribution < -0.4 is 5.48 Å². The fraction of sp³-hybridized carbons (Fsp3) is 0.333. The Bertz CT molecular complexity index is 213. The van der Waals surface area contributed by atoms with E-state index in [-0.39, 0.29) is 12.6 Å². The molecule has 0 saturated carbocycles. The van der Waals surface area contributed by atoms with Crippen LogP contribution >= 0.6 is 0 Å². The van der Waals surface area contributed by atoms with Crippen molar-refractivity contribution in [2.75, 3.05) is 6.61 Å². The first-order valence-electron chi connectivity index (χ1n) is 3.94. The standard InChI is InChI=1S/C9H13NO2/c11-7-6-9(10-12)8-4-2-1-3-5-8/h1-5,9-12H,6-7H2/t9-/m1/s1. The summed E-state index contributed by atoms with van der Waals surface area (Å²) in [6.07, 6.45) is 0.514. The molecule has 3 N–H and O–H groups in total. The smallest absolute Gasteiger partial charge is 0.0590 e. The number of hydrogen-bond acceptors (Lipinski definition) is 3. The van der Waals surface area contributed by atoms with Crippen molar-refractivity contribution < 1.29 is 10.3 Å². The molecule has 66 valence electrons. The molecular weight excluding hydrogens is 154 g/mol. The summed E-state index contributed by atoms with van der Waals surface area (Å²) < 4.78 is 0. The van der Waals surface area contributed by atoms with Gasteiger partial charge in [0.2, 0.25) is 0 Å². The van der Waals surface area contributed by atoms with E-state index >= 15 is 0 Å². The fourth-order valence-corrected chi connectivity index (χ4v) is 1.12. The highest BCUT2D eigenvalue weighted by molar-refractivity contribution is 5.18. The Morgan fingerprint density at radius 1 is 1.25 bits per heavy atom. The van der Waals surface area contributed by atoms with Gasteiger partial charge >= 0.3 is 0 Å². The second kappa shape index (κ2) is 4.87. The minimum Gasteiger partial charge on any atom is -0.396 e. The Morgan fingerprint density at radius 3 is 2.42 bits per heavy atom. The predicted molar refractivity (Wildman–Crippen MR) is 45.8 cm³/mol. The Morgan fingerprint density at radius 2 is 1.92 bits per heavy atom. The molecule has 0 aliphatic rings. The van der Waals surface area contributed by atoms with E-state index < -0.39 is 0 Å². The number of aliphatic hydroxyl groups is 1. The SMILES string of the molecule is OCC[C@@H](NO)c1ccccc1. The second-order valence-corrected chi connectivity index (χ2v) is 2.60. The van der Waals surface area contributed by atoms with Gasteiger partial charge in [0.25, 0.3) is 0 Å². The van der Waals surface area contributed by atoms with Gasteiger partial charge in [0.15, 0.2) is 0 Å². The van der Waals surface area contributed by atoms with Crippen molar-refractivity contribution in [3.05, 3.63) is 35.9 Å². The third-order valence-electron chi connectivity index (χ3n) is 1.78. The summed E-state index contributed by atoms with van der Waals surface area (Å²) >= 11 is 0. The third kappa shape index (κ3) is 2.30. The lowest BCUT2D eigenvalue weighted by molar-refractivity contribution is 0.110. The van der Waals surface area contributed by atoms with Crippen molar-refractivity contribution in [2.24, 2.45) is 0 Å². The van der Waals surface area contributed by atoms with Gasteiger partial charge in [-0.3, -0.25) is 0 Å². The van der Waals surface area contributed by atoms with Gasteiger partial charge in [0.05, 0.1) is 6.04 Å². The van der Waals surface area contributed by atoms with Gasteiger partial charge in [-0.25, -0.2) is 0 Å². The maximum atomic E-state index is 8.75. The molecule has 0 fully saturated rings. The van der Waals surface area contributed by atoms with E-state index in [1.165, 1.54) is 0 Å². The molecule has 0 aromatic heterocycles. The zero-order chi connectivity index (χ0) is 8.81. The van der Waals surface area contributed by atoms with Crippen LogP contribution in [0.5, 0.6) is 0 Å². The van der Waals surface area contributed by atoms with Crippen LogP contribution in [0.25, 0.3) is 0 Å². The molecule has 3 nitrogen and oxygen atoms in total. The zero-order valence-corrected chi connectivity index (χ0v) is 6.77.